The van der Waals surface area contributed by atoms with Gasteiger partial charge in [-0.1, -0.05) is 30.9 Å². The Hall–Kier alpha value is -1.07. The van der Waals surface area contributed by atoms with Crippen LogP contribution in [0, 0.1) is 0 Å². The van der Waals surface area contributed by atoms with E-state index in [0.717, 1.165) is 12.8 Å². The Labute approximate surface area is 118 Å². The molecule has 1 aromatic heterocycles. The summed E-state index contributed by atoms with van der Waals surface area (Å²) < 4.78 is 6.58. The number of rotatable bonds is 4. The summed E-state index contributed by atoms with van der Waals surface area (Å²) in [6.45, 7) is 0. The summed E-state index contributed by atoms with van der Waals surface area (Å²) in [6.07, 6.45) is 7.40. The normalized spacial score (nSPS) is 18.3. The summed E-state index contributed by atoms with van der Waals surface area (Å²) in [6, 6.07) is -0.209. The van der Waals surface area contributed by atoms with Crippen molar-refractivity contribution in [2.45, 2.75) is 44.2 Å². The van der Waals surface area contributed by atoms with Gasteiger partial charge in [-0.05, 0) is 12.8 Å². The van der Waals surface area contributed by atoms with Gasteiger partial charge in [0.25, 0.3) is 0 Å². The number of hydrogen-bond acceptors (Lipinski definition) is 4. The van der Waals surface area contributed by atoms with Crippen LogP contribution in [0.3, 0.4) is 0 Å². The van der Waals surface area contributed by atoms with E-state index in [1.807, 2.05) is 0 Å². The van der Waals surface area contributed by atoms with Crippen molar-refractivity contribution in [2.24, 2.45) is 7.05 Å². The lowest BCUT2D eigenvalue weighted by Crippen LogP contribution is -2.40. The van der Waals surface area contributed by atoms with E-state index >= 15 is 0 Å². The van der Waals surface area contributed by atoms with Gasteiger partial charge in [0, 0.05) is 13.1 Å². The van der Waals surface area contributed by atoms with E-state index in [1.165, 1.54) is 26.4 Å². The van der Waals surface area contributed by atoms with Crippen molar-refractivity contribution in [3.63, 3.8) is 0 Å². The van der Waals surface area contributed by atoms with Crippen LogP contribution in [0.4, 0.5) is 0 Å². The Morgan fingerprint density at radius 1 is 1.53 bits per heavy atom. The second kappa shape index (κ2) is 6.39. The number of imidazole rings is 1. The minimum absolute atomic E-state index is 0.323. The van der Waals surface area contributed by atoms with E-state index in [9.17, 15) is 4.79 Å². The highest BCUT2D eigenvalue weighted by Crippen LogP contribution is 2.23. The summed E-state index contributed by atoms with van der Waals surface area (Å²) in [5, 5.41) is 3.87. The van der Waals surface area contributed by atoms with Crippen LogP contribution in [0.5, 0.6) is 0 Å². The highest BCUT2D eigenvalue weighted by Gasteiger charge is 2.29. The minimum atomic E-state index is -0.550. The lowest BCUT2D eigenvalue weighted by molar-refractivity contribution is -0.144. The highest BCUT2D eigenvalue weighted by molar-refractivity contribution is 6.29. The van der Waals surface area contributed by atoms with Gasteiger partial charge in [0.2, 0.25) is 0 Å². The molecule has 0 bridgehead atoms. The molecule has 1 saturated carbocycles. The van der Waals surface area contributed by atoms with E-state index in [2.05, 4.69) is 10.3 Å². The standard InChI is InChI=1S/C13H20ClN3O2/c1-17-10(14)8-15-12(17)11(13(18)19-2)16-9-6-4-3-5-7-9/h8-9,11,16H,3-7H2,1-2H3. The van der Waals surface area contributed by atoms with Gasteiger partial charge in [-0.15, -0.1) is 0 Å². The van der Waals surface area contributed by atoms with Crippen molar-refractivity contribution >= 4 is 17.6 Å². The third-order valence-electron chi connectivity index (χ3n) is 3.67. The summed E-state index contributed by atoms with van der Waals surface area (Å²) in [5.74, 6) is 0.276. The van der Waals surface area contributed by atoms with Crippen molar-refractivity contribution in [1.29, 1.82) is 0 Å². The predicted octanol–water partition coefficient (Wildman–Crippen LogP) is 2.21. The number of methoxy groups -OCH3 is 1. The molecule has 0 radical (unpaired) electrons. The smallest absolute Gasteiger partial charge is 0.330 e. The van der Waals surface area contributed by atoms with E-state index in [4.69, 9.17) is 16.3 Å². The number of esters is 1. The fourth-order valence-electron chi connectivity index (χ4n) is 2.54. The van der Waals surface area contributed by atoms with E-state index in [-0.39, 0.29) is 5.97 Å². The molecular weight excluding hydrogens is 266 g/mol. The number of nitrogens with zero attached hydrogens (tertiary/aromatic N) is 2. The molecule has 1 aromatic rings. The van der Waals surface area contributed by atoms with Crippen LogP contribution >= 0.6 is 11.6 Å². The first-order valence-electron chi connectivity index (χ1n) is 6.64. The molecule has 106 valence electrons. The summed E-state index contributed by atoms with van der Waals surface area (Å²) >= 11 is 5.98. The predicted molar refractivity (Wildman–Crippen MR) is 73.0 cm³/mol. The Morgan fingerprint density at radius 3 is 2.74 bits per heavy atom. The molecule has 1 aliphatic carbocycles. The highest BCUT2D eigenvalue weighted by atomic mass is 35.5. The average molecular weight is 286 g/mol. The largest absolute Gasteiger partial charge is 0.468 e. The Bertz CT molecular complexity index is 441. The molecule has 1 aliphatic rings. The van der Waals surface area contributed by atoms with Crippen molar-refractivity contribution < 1.29 is 9.53 Å². The van der Waals surface area contributed by atoms with E-state index in [1.54, 1.807) is 17.8 Å². The quantitative estimate of drug-likeness (QED) is 0.862. The minimum Gasteiger partial charge on any atom is -0.468 e. The van der Waals surface area contributed by atoms with Gasteiger partial charge in [-0.2, -0.15) is 0 Å². The molecule has 1 heterocycles. The molecule has 6 heteroatoms. The van der Waals surface area contributed by atoms with Gasteiger partial charge >= 0.3 is 5.97 Å². The summed E-state index contributed by atoms with van der Waals surface area (Å²) in [7, 11) is 3.19. The Morgan fingerprint density at radius 2 is 2.21 bits per heavy atom. The second-order valence-corrected chi connectivity index (χ2v) is 5.34. The van der Waals surface area contributed by atoms with Crippen LogP contribution in [0.25, 0.3) is 0 Å². The topological polar surface area (TPSA) is 56.1 Å². The van der Waals surface area contributed by atoms with Gasteiger partial charge in [0.1, 0.15) is 11.0 Å². The first-order valence-corrected chi connectivity index (χ1v) is 7.02. The Kier molecular flexibility index (Phi) is 4.82. The maximum Gasteiger partial charge on any atom is 0.330 e. The molecule has 19 heavy (non-hydrogen) atoms. The molecule has 5 nitrogen and oxygen atoms in total. The Balaban J connectivity index is 2.16. The summed E-state index contributed by atoms with van der Waals surface area (Å²) in [5.41, 5.74) is 0. The van der Waals surface area contributed by atoms with Gasteiger partial charge in [-0.25, -0.2) is 9.78 Å². The zero-order valence-electron chi connectivity index (χ0n) is 11.4. The number of ether oxygens (including phenoxy) is 1. The van der Waals surface area contributed by atoms with Crippen molar-refractivity contribution in [3.8, 4) is 0 Å². The average Bonchev–Trinajstić information content (AvgIpc) is 2.77. The molecule has 2 rings (SSSR count). The fraction of sp³-hybridized carbons (Fsp3) is 0.692. The number of carbonyl (C=O) groups excluding carboxylic acids is 1. The first-order chi connectivity index (χ1) is 9.13. The molecular formula is C13H20ClN3O2. The van der Waals surface area contributed by atoms with E-state index in [0.29, 0.717) is 17.0 Å². The number of nitrogens with one attached hydrogen (secondary N) is 1. The first kappa shape index (κ1) is 14.3. The van der Waals surface area contributed by atoms with Crippen molar-refractivity contribution in [1.82, 2.24) is 14.9 Å². The van der Waals surface area contributed by atoms with Gasteiger partial charge in [0.05, 0.1) is 13.3 Å². The second-order valence-electron chi connectivity index (χ2n) is 4.96. The SMILES string of the molecule is COC(=O)C(NC1CCCCC1)c1ncc(Cl)n1C. The summed E-state index contributed by atoms with van der Waals surface area (Å²) in [4.78, 5) is 16.2. The zero-order valence-corrected chi connectivity index (χ0v) is 12.1. The van der Waals surface area contributed by atoms with E-state index < -0.39 is 6.04 Å². The molecule has 0 saturated heterocycles. The molecule has 1 atom stereocenters. The number of aromatic nitrogens is 2. The third kappa shape index (κ3) is 3.28. The maximum atomic E-state index is 12.0. The fourth-order valence-corrected chi connectivity index (χ4v) is 2.68. The molecule has 0 aliphatic heterocycles. The number of carbonyl (C=O) groups is 1. The third-order valence-corrected chi connectivity index (χ3v) is 4.02. The van der Waals surface area contributed by atoms with Crippen LogP contribution in [0.2, 0.25) is 5.15 Å². The van der Waals surface area contributed by atoms with Crippen LogP contribution in [0.15, 0.2) is 6.20 Å². The zero-order chi connectivity index (χ0) is 13.8. The molecule has 0 aromatic carbocycles. The molecule has 1 unspecified atom stereocenters. The molecule has 0 amide bonds. The molecule has 1 fully saturated rings. The van der Waals surface area contributed by atoms with Crippen LogP contribution in [0.1, 0.15) is 44.0 Å². The van der Waals surface area contributed by atoms with Crippen LogP contribution < -0.4 is 5.32 Å². The van der Waals surface area contributed by atoms with Gasteiger partial charge in [0.15, 0.2) is 6.04 Å². The van der Waals surface area contributed by atoms with Crippen LogP contribution in [-0.4, -0.2) is 28.7 Å². The van der Waals surface area contributed by atoms with Gasteiger partial charge < -0.3 is 9.30 Å². The van der Waals surface area contributed by atoms with Crippen molar-refractivity contribution in [3.05, 3.63) is 17.2 Å². The lowest BCUT2D eigenvalue weighted by Gasteiger charge is -2.27. The molecule has 0 spiro atoms. The number of hydrogen-bond donors (Lipinski definition) is 1. The van der Waals surface area contributed by atoms with Crippen molar-refractivity contribution in [2.75, 3.05) is 7.11 Å². The monoisotopic (exact) mass is 285 g/mol. The van der Waals surface area contributed by atoms with Crippen LogP contribution in [-0.2, 0) is 16.6 Å². The van der Waals surface area contributed by atoms with Gasteiger partial charge in [-0.3, -0.25) is 5.32 Å². The lowest BCUT2D eigenvalue weighted by atomic mass is 9.95. The maximum absolute atomic E-state index is 12.0. The molecule has 1 N–H and O–H groups in total. The number of halogens is 1.